The molecule has 1 N–H and O–H groups in total. The van der Waals surface area contributed by atoms with Crippen molar-refractivity contribution in [3.05, 3.63) is 127 Å². The summed E-state index contributed by atoms with van der Waals surface area (Å²) in [4.78, 5) is 22.9. The highest BCUT2D eigenvalue weighted by molar-refractivity contribution is 6.02. The van der Waals surface area contributed by atoms with Crippen LogP contribution in [0.3, 0.4) is 0 Å². The Morgan fingerprint density at radius 3 is 1.85 bits per heavy atom. The Bertz CT molecular complexity index is 2260. The van der Waals surface area contributed by atoms with E-state index in [-0.39, 0.29) is 53.6 Å². The molecule has 0 spiro atoms. The molecule has 15 heteroatoms. The summed E-state index contributed by atoms with van der Waals surface area (Å²) in [6.45, 7) is 5.59. The molecule has 0 radical (unpaired) electrons. The number of aliphatic hydroxyl groups is 1. The number of methoxy groups -OCH3 is 1. The molecule has 1 heterocycles. The number of alkyl halides is 9. The maximum atomic E-state index is 13.3. The van der Waals surface area contributed by atoms with E-state index in [1.54, 1.807) is 26.0 Å². The SMILES string of the molecule is COC(=O)C[C@@H]1COc2cc(O[C@@H]3CCc4c(C(F)(F)F)ccc(C)c43)ccc21.Cc1ccc(C(F)(F)F)c2c1C(=O)CC2.Cc1ccc(C(F)(F)F)c2c1[C@@H](O)CC2. The van der Waals surface area contributed by atoms with Crippen LogP contribution in [0.25, 0.3) is 0 Å². The van der Waals surface area contributed by atoms with Crippen molar-refractivity contribution in [3.63, 3.8) is 0 Å². The largest absolute Gasteiger partial charge is 0.492 e. The maximum absolute atomic E-state index is 13.3. The number of fused-ring (bicyclic) bond motifs is 4. The zero-order valence-corrected chi connectivity index (χ0v) is 32.5. The molecule has 0 amide bonds. The van der Waals surface area contributed by atoms with Crippen LogP contribution >= 0.6 is 0 Å². The first-order valence-electron chi connectivity index (χ1n) is 18.9. The number of rotatable bonds is 4. The Labute approximate surface area is 334 Å². The molecule has 6 nitrogen and oxygen atoms in total. The van der Waals surface area contributed by atoms with E-state index in [0.717, 1.165) is 34.9 Å². The molecular weight excluding hydrogens is 795 g/mol. The molecule has 4 aromatic carbocycles. The number of ketones is 1. The summed E-state index contributed by atoms with van der Waals surface area (Å²) in [6.07, 6.45) is -12.0. The molecule has 0 saturated carbocycles. The van der Waals surface area contributed by atoms with E-state index in [9.17, 15) is 54.2 Å². The lowest BCUT2D eigenvalue weighted by Gasteiger charge is -2.19. The van der Waals surface area contributed by atoms with Crippen molar-refractivity contribution in [2.75, 3.05) is 13.7 Å². The van der Waals surface area contributed by atoms with Gasteiger partial charge in [-0.15, -0.1) is 0 Å². The quantitative estimate of drug-likeness (QED) is 0.163. The summed E-state index contributed by atoms with van der Waals surface area (Å²) >= 11 is 0. The van der Waals surface area contributed by atoms with Gasteiger partial charge in [0.15, 0.2) is 5.78 Å². The summed E-state index contributed by atoms with van der Waals surface area (Å²) in [7, 11) is 1.35. The number of aliphatic hydroxyl groups excluding tert-OH is 1. The van der Waals surface area contributed by atoms with E-state index in [4.69, 9.17) is 14.2 Å². The number of esters is 1. The van der Waals surface area contributed by atoms with Crippen LogP contribution in [0.1, 0.15) is 121 Å². The van der Waals surface area contributed by atoms with E-state index < -0.39 is 47.4 Å². The van der Waals surface area contributed by atoms with Gasteiger partial charge in [0.2, 0.25) is 0 Å². The maximum Gasteiger partial charge on any atom is 0.416 e. The molecule has 59 heavy (non-hydrogen) atoms. The third-order valence-corrected chi connectivity index (χ3v) is 11.2. The van der Waals surface area contributed by atoms with Gasteiger partial charge in [-0.2, -0.15) is 39.5 Å². The fraction of sp³-hybridized carbons (Fsp3) is 0.409. The normalized spacial score (nSPS) is 19.0. The zero-order valence-electron chi connectivity index (χ0n) is 32.5. The Balaban J connectivity index is 0.000000164. The van der Waals surface area contributed by atoms with Gasteiger partial charge in [0.25, 0.3) is 0 Å². The number of ether oxygens (including phenoxy) is 3. The standard InChI is InChI=1S/C22H21F3O4.C11H11F3O.C11H9F3O/c1-12-3-7-17(22(23,24)25)16-6-8-18(21(12)16)29-14-4-5-15-13(9-20(26)27-2)11-28-19(15)10-14;2*1-6-2-4-8(11(12,13)14)7-3-5-9(15)10(6)7/h3-5,7,10,13,18H,6,8-9,11H2,1-2H3;2,4,9,15H,3,5H2,1H3;2,4H,3,5H2,1H3/t13-,18-;9-;/m10./s1. The average molecular weight is 837 g/mol. The van der Waals surface area contributed by atoms with Crippen LogP contribution in [0.2, 0.25) is 0 Å². The van der Waals surface area contributed by atoms with Gasteiger partial charge < -0.3 is 19.3 Å². The molecule has 0 saturated heterocycles. The second-order valence-electron chi connectivity index (χ2n) is 15.0. The van der Waals surface area contributed by atoms with Crippen LogP contribution in [0.4, 0.5) is 39.5 Å². The Kier molecular flexibility index (Phi) is 12.2. The molecule has 0 bridgehead atoms. The van der Waals surface area contributed by atoms with Crippen LogP contribution < -0.4 is 9.47 Å². The number of benzene rings is 4. The predicted octanol–water partition coefficient (Wildman–Crippen LogP) is 11.3. The fourth-order valence-electron chi connectivity index (χ4n) is 8.50. The molecule has 1 aliphatic heterocycles. The van der Waals surface area contributed by atoms with Gasteiger partial charge in [-0.05, 0) is 122 Å². The first-order valence-corrected chi connectivity index (χ1v) is 18.9. The minimum atomic E-state index is -4.37. The van der Waals surface area contributed by atoms with Gasteiger partial charge in [-0.25, -0.2) is 0 Å². The number of Topliss-reactive ketones (excluding diaryl/α,β-unsaturated/α-hetero) is 1. The third-order valence-electron chi connectivity index (χ3n) is 11.2. The molecule has 0 fully saturated rings. The minimum absolute atomic E-state index is 0.0738. The molecule has 0 unspecified atom stereocenters. The van der Waals surface area contributed by atoms with Crippen molar-refractivity contribution >= 4 is 11.8 Å². The number of carbonyl (C=O) groups is 2. The van der Waals surface area contributed by atoms with Crippen molar-refractivity contribution in [3.8, 4) is 11.5 Å². The van der Waals surface area contributed by atoms with Crippen molar-refractivity contribution < 1.29 is 68.4 Å². The van der Waals surface area contributed by atoms with E-state index in [1.807, 2.05) is 13.0 Å². The lowest BCUT2D eigenvalue weighted by Crippen LogP contribution is -2.11. The number of aryl methyl sites for hydroxylation is 3. The topological polar surface area (TPSA) is 82.1 Å². The summed E-state index contributed by atoms with van der Waals surface area (Å²) in [6, 6.07) is 13.0. The number of hydrogen-bond donors (Lipinski definition) is 1. The summed E-state index contributed by atoms with van der Waals surface area (Å²) in [5.74, 6) is 0.627. The van der Waals surface area contributed by atoms with E-state index in [0.29, 0.717) is 66.0 Å². The van der Waals surface area contributed by atoms with Gasteiger partial charge >= 0.3 is 24.5 Å². The van der Waals surface area contributed by atoms with Gasteiger partial charge in [0.1, 0.15) is 17.6 Å². The summed E-state index contributed by atoms with van der Waals surface area (Å²) < 4.78 is 132. The minimum Gasteiger partial charge on any atom is -0.492 e. The monoisotopic (exact) mass is 836 g/mol. The first-order chi connectivity index (χ1) is 27.6. The van der Waals surface area contributed by atoms with Crippen LogP contribution in [0.15, 0.2) is 54.6 Å². The molecule has 4 aliphatic rings. The molecule has 316 valence electrons. The molecule has 4 aromatic rings. The van der Waals surface area contributed by atoms with Gasteiger partial charge in [0, 0.05) is 29.5 Å². The molecule has 8 rings (SSSR count). The van der Waals surface area contributed by atoms with Crippen molar-refractivity contribution in [2.24, 2.45) is 0 Å². The summed E-state index contributed by atoms with van der Waals surface area (Å²) in [5, 5.41) is 9.59. The van der Waals surface area contributed by atoms with Crippen molar-refractivity contribution in [1.82, 2.24) is 0 Å². The highest BCUT2D eigenvalue weighted by Gasteiger charge is 2.40. The van der Waals surface area contributed by atoms with Gasteiger partial charge in [-0.3, -0.25) is 9.59 Å². The van der Waals surface area contributed by atoms with Crippen LogP contribution in [0, 0.1) is 20.8 Å². The average Bonchev–Trinajstić information content (AvgIpc) is 3.94. The molecule has 0 aromatic heterocycles. The highest BCUT2D eigenvalue weighted by Crippen LogP contribution is 2.46. The van der Waals surface area contributed by atoms with Gasteiger partial charge in [0.05, 0.1) is 42.9 Å². The number of halogens is 9. The second kappa shape index (κ2) is 16.5. The van der Waals surface area contributed by atoms with E-state index >= 15 is 0 Å². The lowest BCUT2D eigenvalue weighted by atomic mass is 9.97. The van der Waals surface area contributed by atoms with Gasteiger partial charge in [-0.1, -0.05) is 24.3 Å². The zero-order chi connectivity index (χ0) is 43.2. The van der Waals surface area contributed by atoms with E-state index in [1.165, 1.54) is 25.3 Å². The Morgan fingerprint density at radius 1 is 0.712 bits per heavy atom. The Morgan fingerprint density at radius 2 is 1.25 bits per heavy atom. The van der Waals surface area contributed by atoms with Crippen LogP contribution in [-0.2, 0) is 47.3 Å². The predicted molar refractivity (Wildman–Crippen MR) is 197 cm³/mol. The highest BCUT2D eigenvalue weighted by atomic mass is 19.4. The lowest BCUT2D eigenvalue weighted by molar-refractivity contribution is -0.141. The van der Waals surface area contributed by atoms with Crippen molar-refractivity contribution in [1.29, 1.82) is 0 Å². The van der Waals surface area contributed by atoms with Crippen molar-refractivity contribution in [2.45, 2.75) is 102 Å². The fourth-order valence-corrected chi connectivity index (χ4v) is 8.50. The first kappa shape index (κ1) is 43.5. The Hall–Kier alpha value is -5.05. The summed E-state index contributed by atoms with van der Waals surface area (Å²) in [5.41, 5.74) is 3.42. The van der Waals surface area contributed by atoms with Crippen LogP contribution in [0.5, 0.6) is 11.5 Å². The number of carbonyl (C=O) groups excluding carboxylic acids is 2. The number of hydrogen-bond acceptors (Lipinski definition) is 6. The third kappa shape index (κ3) is 9.09. The van der Waals surface area contributed by atoms with E-state index in [2.05, 4.69) is 0 Å². The smallest absolute Gasteiger partial charge is 0.416 e. The second-order valence-corrected chi connectivity index (χ2v) is 15.0. The van der Waals surface area contributed by atoms with Crippen LogP contribution in [-0.4, -0.2) is 30.6 Å². The molecule has 3 aliphatic carbocycles. The molecule has 3 atom stereocenters. The molecular formula is C44H41F9O6.